The summed E-state index contributed by atoms with van der Waals surface area (Å²) >= 11 is 11.7. The molecule has 0 aliphatic rings. The first-order valence-corrected chi connectivity index (χ1v) is 8.60. The number of hydrogen-bond acceptors (Lipinski definition) is 3. The summed E-state index contributed by atoms with van der Waals surface area (Å²) in [4.78, 5) is 0. The van der Waals surface area contributed by atoms with Crippen LogP contribution in [0, 0.1) is 0 Å². The number of alkyl halides is 3. The molecule has 3 aromatic carbocycles. The SMILES string of the molecule is FC(F)(F)c1c(N(Nc2ccccc2)Nc2ccccc2)ccc(Cl)c1Cl. The van der Waals surface area contributed by atoms with Gasteiger partial charge in [0, 0.05) is 0 Å². The van der Waals surface area contributed by atoms with Crippen LogP contribution in [0.1, 0.15) is 5.56 Å². The molecule has 0 saturated heterocycles. The lowest BCUT2D eigenvalue weighted by Crippen LogP contribution is -2.37. The van der Waals surface area contributed by atoms with Crippen molar-refractivity contribution in [2.75, 3.05) is 16.0 Å². The lowest BCUT2D eigenvalue weighted by molar-refractivity contribution is -0.137. The minimum Gasteiger partial charge on any atom is -0.280 e. The van der Waals surface area contributed by atoms with Gasteiger partial charge in [0.15, 0.2) is 0 Å². The highest BCUT2D eigenvalue weighted by atomic mass is 35.5. The molecular weight excluding hydrogens is 398 g/mol. The molecule has 0 aliphatic carbocycles. The second kappa shape index (κ2) is 7.98. The van der Waals surface area contributed by atoms with Crippen LogP contribution in [0.5, 0.6) is 0 Å². The number of hydrazine groups is 2. The van der Waals surface area contributed by atoms with Gasteiger partial charge in [-0.15, -0.1) is 0 Å². The van der Waals surface area contributed by atoms with Gasteiger partial charge in [0.1, 0.15) is 5.56 Å². The van der Waals surface area contributed by atoms with Crippen LogP contribution in [0.3, 0.4) is 0 Å². The molecule has 3 nitrogen and oxygen atoms in total. The van der Waals surface area contributed by atoms with Crippen molar-refractivity contribution >= 4 is 40.3 Å². The monoisotopic (exact) mass is 411 g/mol. The van der Waals surface area contributed by atoms with Gasteiger partial charge in [-0.2, -0.15) is 18.3 Å². The van der Waals surface area contributed by atoms with Crippen molar-refractivity contribution in [3.63, 3.8) is 0 Å². The maximum Gasteiger partial charge on any atom is 0.420 e. The Hall–Kier alpha value is -2.57. The van der Waals surface area contributed by atoms with E-state index in [0.29, 0.717) is 11.4 Å². The van der Waals surface area contributed by atoms with Crippen LogP contribution in [0.2, 0.25) is 10.0 Å². The Morgan fingerprint density at radius 1 is 0.704 bits per heavy atom. The van der Waals surface area contributed by atoms with Crippen LogP contribution < -0.4 is 16.0 Å². The van der Waals surface area contributed by atoms with E-state index in [1.165, 1.54) is 12.1 Å². The van der Waals surface area contributed by atoms with E-state index in [9.17, 15) is 13.2 Å². The minimum absolute atomic E-state index is 0.174. The Morgan fingerprint density at radius 3 is 1.63 bits per heavy atom. The number of benzene rings is 3. The molecule has 0 radical (unpaired) electrons. The van der Waals surface area contributed by atoms with E-state index in [1.54, 1.807) is 60.7 Å². The van der Waals surface area contributed by atoms with Gasteiger partial charge in [-0.1, -0.05) is 59.6 Å². The minimum atomic E-state index is -4.70. The molecule has 0 unspecified atom stereocenters. The molecule has 0 fully saturated rings. The van der Waals surface area contributed by atoms with Gasteiger partial charge in [-0.05, 0) is 36.4 Å². The summed E-state index contributed by atoms with van der Waals surface area (Å²) in [5, 5.41) is 0.430. The summed E-state index contributed by atoms with van der Waals surface area (Å²) in [5.41, 5.74) is 5.76. The van der Waals surface area contributed by atoms with Gasteiger partial charge in [0.25, 0.3) is 0 Å². The predicted molar refractivity (Wildman–Crippen MR) is 104 cm³/mol. The molecule has 3 rings (SSSR count). The predicted octanol–water partition coefficient (Wildman–Crippen LogP) is 6.87. The fourth-order valence-electron chi connectivity index (χ4n) is 2.43. The van der Waals surface area contributed by atoms with Crippen molar-refractivity contribution in [2.24, 2.45) is 0 Å². The molecular formula is C19H14Cl2F3N3. The topological polar surface area (TPSA) is 27.3 Å². The number of rotatable bonds is 5. The van der Waals surface area contributed by atoms with Crippen molar-refractivity contribution in [3.8, 4) is 0 Å². The van der Waals surface area contributed by atoms with Crippen molar-refractivity contribution in [1.29, 1.82) is 0 Å². The van der Waals surface area contributed by atoms with E-state index in [4.69, 9.17) is 23.2 Å². The van der Waals surface area contributed by atoms with E-state index in [1.807, 2.05) is 0 Å². The van der Waals surface area contributed by atoms with E-state index < -0.39 is 16.8 Å². The molecule has 3 aromatic rings. The van der Waals surface area contributed by atoms with E-state index >= 15 is 0 Å². The third-order valence-electron chi connectivity index (χ3n) is 3.63. The highest BCUT2D eigenvalue weighted by molar-refractivity contribution is 6.42. The zero-order valence-corrected chi connectivity index (χ0v) is 15.3. The molecule has 0 atom stereocenters. The quantitative estimate of drug-likeness (QED) is 0.448. The molecule has 27 heavy (non-hydrogen) atoms. The van der Waals surface area contributed by atoms with Gasteiger partial charge in [-0.25, -0.2) is 0 Å². The Balaban J connectivity index is 2.08. The second-order valence-corrected chi connectivity index (χ2v) is 6.33. The molecule has 140 valence electrons. The molecule has 0 bridgehead atoms. The first-order valence-electron chi connectivity index (χ1n) is 7.85. The number of nitrogens with zero attached hydrogens (tertiary/aromatic N) is 1. The molecule has 0 amide bonds. The lowest BCUT2D eigenvalue weighted by atomic mass is 10.1. The second-order valence-electron chi connectivity index (χ2n) is 5.54. The third-order valence-corrected chi connectivity index (χ3v) is 4.43. The van der Waals surface area contributed by atoms with Gasteiger partial charge in [0.05, 0.1) is 27.1 Å². The smallest absolute Gasteiger partial charge is 0.280 e. The maximum atomic E-state index is 13.7. The average molecular weight is 412 g/mol. The Morgan fingerprint density at radius 2 is 1.19 bits per heavy atom. The summed E-state index contributed by atoms with van der Waals surface area (Å²) < 4.78 is 41.1. The molecule has 0 aromatic heterocycles. The third kappa shape index (κ3) is 4.59. The zero-order chi connectivity index (χ0) is 19.4. The maximum absolute atomic E-state index is 13.7. The number of nitrogens with one attached hydrogen (secondary N) is 2. The van der Waals surface area contributed by atoms with E-state index in [-0.39, 0.29) is 10.7 Å². The molecule has 0 aliphatic heterocycles. The fraction of sp³-hybridized carbons (Fsp3) is 0.0526. The standard InChI is InChI=1S/C19H14Cl2F3N3/c20-15-11-12-16(17(18(15)21)19(22,23)24)27(25-13-7-3-1-4-8-13)26-14-9-5-2-6-10-14/h1-12,25-26H. The summed E-state index contributed by atoms with van der Waals surface area (Å²) in [5.74, 6) is 0. The Labute approximate surface area is 164 Å². The zero-order valence-electron chi connectivity index (χ0n) is 13.8. The first kappa shape index (κ1) is 19.2. The van der Waals surface area contributed by atoms with Gasteiger partial charge >= 0.3 is 6.18 Å². The van der Waals surface area contributed by atoms with Crippen LogP contribution in [-0.4, -0.2) is 0 Å². The molecule has 0 heterocycles. The Bertz CT molecular complexity index is 862. The highest BCUT2D eigenvalue weighted by Gasteiger charge is 2.39. The van der Waals surface area contributed by atoms with Crippen molar-refractivity contribution in [1.82, 2.24) is 0 Å². The van der Waals surface area contributed by atoms with Crippen LogP contribution in [0.25, 0.3) is 0 Å². The average Bonchev–Trinajstić information content (AvgIpc) is 2.64. The molecule has 8 heteroatoms. The van der Waals surface area contributed by atoms with Crippen molar-refractivity contribution < 1.29 is 13.2 Å². The van der Waals surface area contributed by atoms with E-state index in [0.717, 1.165) is 5.12 Å². The molecule has 0 spiro atoms. The Kier molecular flexibility index (Phi) is 5.68. The van der Waals surface area contributed by atoms with Crippen LogP contribution in [0.4, 0.5) is 30.2 Å². The normalized spacial score (nSPS) is 11.1. The number of anilines is 3. The van der Waals surface area contributed by atoms with Gasteiger partial charge in [-0.3, -0.25) is 10.9 Å². The van der Waals surface area contributed by atoms with Crippen molar-refractivity contribution in [3.05, 3.63) is 88.4 Å². The summed E-state index contributed by atoms with van der Waals surface area (Å²) in [6.07, 6.45) is -4.70. The summed E-state index contributed by atoms with van der Waals surface area (Å²) in [6.45, 7) is 0. The van der Waals surface area contributed by atoms with Crippen LogP contribution in [0.15, 0.2) is 72.8 Å². The van der Waals surface area contributed by atoms with Crippen molar-refractivity contribution in [2.45, 2.75) is 6.18 Å². The number of halogens is 5. The molecule has 2 N–H and O–H groups in total. The highest BCUT2D eigenvalue weighted by Crippen LogP contribution is 2.44. The molecule has 0 saturated carbocycles. The number of hydrogen-bond donors (Lipinski definition) is 2. The first-order chi connectivity index (χ1) is 12.9. The van der Waals surface area contributed by atoms with Crippen LogP contribution in [-0.2, 0) is 6.18 Å². The lowest BCUT2D eigenvalue weighted by Gasteiger charge is -2.30. The summed E-state index contributed by atoms with van der Waals surface area (Å²) in [7, 11) is 0. The van der Waals surface area contributed by atoms with Gasteiger partial charge in [0.2, 0.25) is 0 Å². The number of para-hydroxylation sites is 2. The fourth-order valence-corrected chi connectivity index (χ4v) is 2.85. The van der Waals surface area contributed by atoms with E-state index in [2.05, 4.69) is 10.9 Å². The summed E-state index contributed by atoms with van der Waals surface area (Å²) in [6, 6.07) is 20.2. The largest absolute Gasteiger partial charge is 0.420 e. The van der Waals surface area contributed by atoms with Crippen LogP contribution >= 0.6 is 23.2 Å². The van der Waals surface area contributed by atoms with Gasteiger partial charge < -0.3 is 0 Å².